The maximum Gasteiger partial charge on any atom is 0.249 e. The van der Waals surface area contributed by atoms with Gasteiger partial charge in [-0.3, -0.25) is 19.3 Å². The van der Waals surface area contributed by atoms with E-state index in [1.54, 1.807) is 17.3 Å². The molecule has 11 nitrogen and oxygen atoms in total. The highest BCUT2D eigenvalue weighted by Crippen LogP contribution is 2.32. The summed E-state index contributed by atoms with van der Waals surface area (Å²) >= 11 is 0. The van der Waals surface area contributed by atoms with Gasteiger partial charge in [-0.2, -0.15) is 0 Å². The first kappa shape index (κ1) is 35.3. The highest BCUT2D eigenvalue weighted by molar-refractivity contribution is 5.94. The lowest BCUT2D eigenvalue weighted by Gasteiger charge is -2.47. The summed E-state index contributed by atoms with van der Waals surface area (Å²) in [5, 5.41) is 15.8. The number of H-pyrrole nitrogens is 1. The molecule has 3 amide bonds. The number of aliphatic hydroxyl groups excluding tert-OH is 1. The number of piperidine rings is 1. The normalized spacial score (nSPS) is 14.5. The fourth-order valence-corrected chi connectivity index (χ4v) is 6.28. The average molecular weight is 667 g/mol. The van der Waals surface area contributed by atoms with Crippen molar-refractivity contribution in [1.29, 1.82) is 0 Å². The zero-order chi connectivity index (χ0) is 34.5. The Hall–Kier alpha value is -5.00. The van der Waals surface area contributed by atoms with E-state index >= 15 is 0 Å². The minimum atomic E-state index is -1.11. The lowest BCUT2D eigenvalue weighted by atomic mass is 9.83. The Balaban J connectivity index is 1.32. The molecule has 258 valence electrons. The second-order valence-corrected chi connectivity index (χ2v) is 12.4. The van der Waals surface area contributed by atoms with Crippen molar-refractivity contribution in [3.05, 3.63) is 102 Å². The molecule has 2 aromatic heterocycles. The van der Waals surface area contributed by atoms with Gasteiger partial charge in [0.15, 0.2) is 0 Å². The number of aromatic nitrogens is 2. The van der Waals surface area contributed by atoms with Gasteiger partial charge >= 0.3 is 0 Å². The Morgan fingerprint density at radius 1 is 1.02 bits per heavy atom. The van der Waals surface area contributed by atoms with Crippen LogP contribution in [0.2, 0.25) is 0 Å². The number of likely N-dealkylation sites (tertiary alicyclic amines) is 1. The molecule has 0 unspecified atom stereocenters. The van der Waals surface area contributed by atoms with E-state index in [1.165, 1.54) is 12.5 Å². The number of fused-ring (bicyclic) bond motifs is 1. The first-order valence-corrected chi connectivity index (χ1v) is 16.9. The van der Waals surface area contributed by atoms with E-state index < -0.39 is 5.54 Å². The quantitative estimate of drug-likeness (QED) is 0.130. The van der Waals surface area contributed by atoms with Gasteiger partial charge in [0.1, 0.15) is 12.1 Å². The van der Waals surface area contributed by atoms with Crippen LogP contribution in [-0.2, 0) is 27.5 Å². The van der Waals surface area contributed by atoms with Crippen molar-refractivity contribution < 1.29 is 24.2 Å². The van der Waals surface area contributed by atoms with Crippen LogP contribution in [0, 0.1) is 0 Å². The fraction of sp³-hybridized carbons (Fsp3) is 0.368. The first-order chi connectivity index (χ1) is 23.9. The summed E-state index contributed by atoms with van der Waals surface area (Å²) in [5.41, 5.74) is 2.82. The van der Waals surface area contributed by atoms with E-state index in [9.17, 15) is 19.5 Å². The lowest BCUT2D eigenvalue weighted by molar-refractivity contribution is -0.151. The highest BCUT2D eigenvalue weighted by Gasteiger charge is 2.47. The van der Waals surface area contributed by atoms with Crippen LogP contribution in [0.1, 0.15) is 55.7 Å². The molecular weight excluding hydrogens is 620 g/mol. The third-order valence-corrected chi connectivity index (χ3v) is 8.98. The van der Waals surface area contributed by atoms with Gasteiger partial charge in [-0.05, 0) is 49.3 Å². The maximum atomic E-state index is 14.2. The van der Waals surface area contributed by atoms with Crippen molar-refractivity contribution >= 4 is 34.7 Å². The number of benzene rings is 2. The van der Waals surface area contributed by atoms with Crippen LogP contribution in [0.25, 0.3) is 17.0 Å². The molecule has 3 heterocycles. The summed E-state index contributed by atoms with van der Waals surface area (Å²) in [7, 11) is 0. The Labute approximate surface area is 287 Å². The highest BCUT2D eigenvalue weighted by atomic mass is 16.5. The van der Waals surface area contributed by atoms with Gasteiger partial charge in [0.05, 0.1) is 12.1 Å². The van der Waals surface area contributed by atoms with Gasteiger partial charge in [0.25, 0.3) is 0 Å². The zero-order valence-electron chi connectivity index (χ0n) is 28.1. The molecule has 0 atom stereocenters. The van der Waals surface area contributed by atoms with E-state index in [2.05, 4.69) is 37.6 Å². The van der Waals surface area contributed by atoms with E-state index in [0.717, 1.165) is 28.6 Å². The number of hydrogen-bond acceptors (Lipinski definition) is 7. The molecule has 1 fully saturated rings. The van der Waals surface area contributed by atoms with Crippen molar-refractivity contribution in [3.8, 4) is 5.88 Å². The number of ether oxygens (including phenoxy) is 1. The first-order valence-electron chi connectivity index (χ1n) is 16.9. The Bertz CT molecular complexity index is 1700. The van der Waals surface area contributed by atoms with Crippen molar-refractivity contribution in [2.75, 3.05) is 32.8 Å². The zero-order valence-corrected chi connectivity index (χ0v) is 28.1. The van der Waals surface area contributed by atoms with Crippen molar-refractivity contribution in [2.24, 2.45) is 0 Å². The second kappa shape index (κ2) is 17.4. The van der Waals surface area contributed by atoms with Gasteiger partial charge in [-0.15, -0.1) is 0 Å². The predicted molar refractivity (Wildman–Crippen MR) is 189 cm³/mol. The number of nitrogens with zero attached hydrogens (tertiary/aromatic N) is 3. The molecule has 0 aliphatic carbocycles. The van der Waals surface area contributed by atoms with Crippen LogP contribution >= 0.6 is 0 Å². The molecule has 0 radical (unpaired) electrons. The molecule has 0 bridgehead atoms. The number of carbonyl (C=O) groups is 3. The van der Waals surface area contributed by atoms with Crippen molar-refractivity contribution in [3.63, 3.8) is 0 Å². The molecular formula is C38H46N6O5. The average Bonchev–Trinajstić information content (AvgIpc) is 3.53. The number of nitrogens with one attached hydrogen (secondary N) is 3. The summed E-state index contributed by atoms with van der Waals surface area (Å²) in [5.74, 6) is -0.375. The maximum absolute atomic E-state index is 14.2. The summed E-state index contributed by atoms with van der Waals surface area (Å²) in [6, 6.07) is 21.9. The Morgan fingerprint density at radius 2 is 1.73 bits per heavy atom. The Kier molecular flexibility index (Phi) is 12.5. The summed E-state index contributed by atoms with van der Waals surface area (Å²) in [4.78, 5) is 51.3. The van der Waals surface area contributed by atoms with E-state index in [4.69, 9.17) is 4.74 Å². The predicted octanol–water partition coefficient (Wildman–Crippen LogP) is 4.39. The van der Waals surface area contributed by atoms with Crippen molar-refractivity contribution in [1.82, 2.24) is 30.4 Å². The second-order valence-electron chi connectivity index (χ2n) is 12.4. The molecule has 4 N–H and O–H groups in total. The molecule has 1 aliphatic rings. The molecule has 5 rings (SSSR count). The van der Waals surface area contributed by atoms with Crippen LogP contribution < -0.4 is 15.4 Å². The van der Waals surface area contributed by atoms with Crippen molar-refractivity contribution in [2.45, 2.75) is 57.7 Å². The summed E-state index contributed by atoms with van der Waals surface area (Å²) in [6.07, 6.45) is 9.85. The van der Waals surface area contributed by atoms with Gasteiger partial charge in [-0.25, -0.2) is 4.98 Å². The number of amides is 3. The third kappa shape index (κ3) is 9.55. The number of hydrogen-bond donors (Lipinski definition) is 4. The fourth-order valence-electron chi connectivity index (χ4n) is 6.28. The van der Waals surface area contributed by atoms with Gasteiger partial charge in [0, 0.05) is 75.3 Å². The van der Waals surface area contributed by atoms with Gasteiger partial charge in [0.2, 0.25) is 23.6 Å². The number of aliphatic hydroxyl groups is 1. The van der Waals surface area contributed by atoms with E-state index in [1.807, 2.05) is 66.9 Å². The monoisotopic (exact) mass is 666 g/mol. The van der Waals surface area contributed by atoms with Crippen LogP contribution in [0.5, 0.6) is 5.88 Å². The molecule has 49 heavy (non-hydrogen) atoms. The minimum Gasteiger partial charge on any atom is -0.473 e. The molecule has 2 aromatic carbocycles. The topological polar surface area (TPSA) is 140 Å². The van der Waals surface area contributed by atoms with E-state index in [0.29, 0.717) is 64.2 Å². The number of rotatable bonds is 16. The number of aromatic amines is 1. The number of carbonyl (C=O) groups excluding carboxylic acids is 3. The van der Waals surface area contributed by atoms with Gasteiger partial charge in [-0.1, -0.05) is 60.7 Å². The third-order valence-electron chi connectivity index (χ3n) is 8.98. The largest absolute Gasteiger partial charge is 0.473 e. The van der Waals surface area contributed by atoms with Gasteiger partial charge < -0.3 is 30.4 Å². The lowest BCUT2D eigenvalue weighted by Crippen LogP contribution is -2.65. The molecule has 4 aromatic rings. The van der Waals surface area contributed by atoms with Crippen LogP contribution in [-0.4, -0.2) is 80.9 Å². The molecule has 0 saturated carbocycles. The van der Waals surface area contributed by atoms with Crippen LogP contribution in [0.15, 0.2) is 85.3 Å². The number of pyridine rings is 1. The SMILES string of the molecule is CC(=O)NCC(=O)N(CCCCCO)C1(C(=O)N/C=C/c2c[nH]c3cc(OCc4ccccc4)ncc23)CCN(Cc2ccccc2)CC1. The molecule has 0 spiro atoms. The minimum absolute atomic E-state index is 0.0656. The molecule has 1 saturated heterocycles. The summed E-state index contributed by atoms with van der Waals surface area (Å²) in [6.45, 7) is 4.00. The van der Waals surface area contributed by atoms with E-state index in [-0.39, 0.29) is 30.9 Å². The number of unbranched alkanes of at least 4 members (excludes halogenated alkanes) is 2. The smallest absolute Gasteiger partial charge is 0.249 e. The summed E-state index contributed by atoms with van der Waals surface area (Å²) < 4.78 is 5.88. The Morgan fingerprint density at radius 3 is 2.43 bits per heavy atom. The standard InChI is InChI=1S/C38H46N6O5/c1-29(46)40-26-36(47)44(19-9-4-10-22-45)38(16-20-43(21-17-38)27-30-11-5-2-6-12-30)37(48)39-18-15-32-24-41-34-23-35(42-25-33(32)34)49-28-31-13-7-3-8-14-31/h2-3,5-8,11-15,18,23-25,41,45H,4,9-10,16-17,19-22,26-28H2,1H3,(H,39,48)(H,40,46)/b18-15+. The van der Waals surface area contributed by atoms with Crippen LogP contribution in [0.4, 0.5) is 0 Å². The molecule has 11 heteroatoms. The van der Waals surface area contributed by atoms with Crippen LogP contribution in [0.3, 0.4) is 0 Å². The molecule has 1 aliphatic heterocycles.